The maximum Gasteiger partial charge on any atom is 0.303 e. The van der Waals surface area contributed by atoms with Crippen LogP contribution in [-0.4, -0.2) is 95.8 Å². The number of aromatic nitrogens is 4. The predicted octanol–water partition coefficient (Wildman–Crippen LogP) is 5.97. The van der Waals surface area contributed by atoms with Crippen LogP contribution in [0.4, 0.5) is 14.5 Å². The second-order valence-electron chi connectivity index (χ2n) is 14.9. The number of nitrogens with zero attached hydrogens (tertiary/aromatic N) is 8. The normalized spacial score (nSPS) is 20.9. The van der Waals surface area contributed by atoms with Gasteiger partial charge in [-0.05, 0) is 37.4 Å². The molecule has 0 N–H and O–H groups in total. The zero-order chi connectivity index (χ0) is 35.5. The van der Waals surface area contributed by atoms with E-state index in [4.69, 9.17) is 11.3 Å². The van der Waals surface area contributed by atoms with Crippen LogP contribution < -0.4 is 4.90 Å². The summed E-state index contributed by atoms with van der Waals surface area (Å²) >= 11 is 0.714. The fraction of sp³-hybridized carbons (Fsp3) is 0.656. The van der Waals surface area contributed by atoms with Crippen LogP contribution in [0, 0.1) is 12.5 Å². The van der Waals surface area contributed by atoms with Gasteiger partial charge >= 0.3 is 5.66 Å². The molecule has 17 heteroatoms. The molecule has 2 aliphatic heterocycles. The Morgan fingerprint density at radius 2 is 1.86 bits per heavy atom. The van der Waals surface area contributed by atoms with Crippen molar-refractivity contribution in [1.29, 1.82) is 0 Å². The van der Waals surface area contributed by atoms with E-state index < -0.39 is 35.2 Å². The molecule has 0 radical (unpaired) electrons. The lowest BCUT2D eigenvalue weighted by Crippen LogP contribution is -2.63. The minimum absolute atomic E-state index is 0.0441. The molecule has 1 aliphatic carbocycles. The Balaban J connectivity index is 1.47. The number of hydrogen-bond acceptors (Lipinski definition) is 9. The quantitative estimate of drug-likeness (QED) is 0.0968. The zero-order valence-corrected chi connectivity index (χ0v) is 31.5. The number of sulfonamides is 1. The highest BCUT2D eigenvalue weighted by molar-refractivity contribution is 7.89. The summed E-state index contributed by atoms with van der Waals surface area (Å²) in [6, 6.07) is 3.90. The van der Waals surface area contributed by atoms with Gasteiger partial charge in [0.25, 0.3) is 16.4 Å². The number of carbonyl (C=O) groups excluding carboxylic acids is 1. The molecular weight excluding hydrogens is 691 g/mol. The molecule has 1 amide bonds. The van der Waals surface area contributed by atoms with Crippen LogP contribution in [0.15, 0.2) is 17.0 Å². The van der Waals surface area contributed by atoms with Crippen LogP contribution in [0.2, 0.25) is 25.7 Å². The van der Waals surface area contributed by atoms with E-state index in [0.29, 0.717) is 60.5 Å². The molecule has 2 atom stereocenters. The first kappa shape index (κ1) is 35.8. The number of piperidine rings is 1. The molecular formula is C32H44F2N8O4S2Si. The zero-order valence-electron chi connectivity index (χ0n) is 28.8. The second-order valence-corrected chi connectivity index (χ2v) is 23.4. The van der Waals surface area contributed by atoms with Crippen molar-refractivity contribution in [3.05, 3.63) is 28.6 Å². The summed E-state index contributed by atoms with van der Waals surface area (Å²) in [5, 5.41) is 12.4. The number of hydrogen-bond donors (Lipinski definition) is 0. The lowest BCUT2D eigenvalue weighted by Gasteiger charge is -2.51. The molecule has 1 aromatic carbocycles. The summed E-state index contributed by atoms with van der Waals surface area (Å²) < 4.78 is 65.3. The number of ether oxygens (including phenoxy) is 1. The molecule has 4 heterocycles. The van der Waals surface area contributed by atoms with Gasteiger partial charge in [0.2, 0.25) is 5.91 Å². The number of rotatable bonds is 12. The SMILES string of the molecule is [C-]#[N+]C1(N(COCC[Si](C)(C)C)S(=O)(=O)c2cc(N3CC4CCCC(C3)N4C(=O)C(C)C)c3c(c2)c(-c2nnc(C(F)F)s2)nn3C)CC1. The summed E-state index contributed by atoms with van der Waals surface area (Å²) in [6.45, 7) is 19.5. The summed E-state index contributed by atoms with van der Waals surface area (Å²) in [5.74, 6) is -0.0287. The van der Waals surface area contributed by atoms with Crippen molar-refractivity contribution in [3.8, 4) is 10.7 Å². The third-order valence-corrected chi connectivity index (χ3v) is 14.2. The number of anilines is 1. The number of fused-ring (bicyclic) bond motifs is 3. The van der Waals surface area contributed by atoms with Gasteiger partial charge in [-0.1, -0.05) is 49.1 Å². The maximum absolute atomic E-state index is 14.7. The van der Waals surface area contributed by atoms with Gasteiger partial charge in [-0.3, -0.25) is 14.3 Å². The van der Waals surface area contributed by atoms with Crippen molar-refractivity contribution in [3.63, 3.8) is 0 Å². The molecule has 1 saturated carbocycles. The Kier molecular flexibility index (Phi) is 9.68. The average Bonchev–Trinajstić information content (AvgIpc) is 3.51. The lowest BCUT2D eigenvalue weighted by atomic mass is 9.89. The molecule has 2 saturated heterocycles. The first-order chi connectivity index (χ1) is 23.1. The highest BCUT2D eigenvalue weighted by Gasteiger charge is 2.61. The van der Waals surface area contributed by atoms with Gasteiger partial charge in [-0.2, -0.15) is 5.10 Å². The van der Waals surface area contributed by atoms with Crippen LogP contribution in [0.25, 0.3) is 26.4 Å². The van der Waals surface area contributed by atoms with Gasteiger partial charge in [0, 0.05) is 58.2 Å². The monoisotopic (exact) mass is 734 g/mol. The van der Waals surface area contributed by atoms with E-state index >= 15 is 0 Å². The molecule has 3 aromatic rings. The number of aryl methyl sites for hydroxylation is 1. The van der Waals surface area contributed by atoms with Crippen molar-refractivity contribution >= 4 is 51.9 Å². The number of carbonyl (C=O) groups is 1. The van der Waals surface area contributed by atoms with Crippen LogP contribution in [-0.2, 0) is 26.6 Å². The van der Waals surface area contributed by atoms with Crippen molar-refractivity contribution < 1.29 is 26.7 Å². The molecule has 266 valence electrons. The molecule has 6 rings (SSSR count). The third-order valence-electron chi connectivity index (χ3n) is 9.70. The first-order valence-corrected chi connectivity index (χ1v) is 22.7. The first-order valence-electron chi connectivity index (χ1n) is 16.8. The van der Waals surface area contributed by atoms with Gasteiger partial charge < -0.3 is 14.5 Å². The fourth-order valence-electron chi connectivity index (χ4n) is 6.89. The average molecular weight is 735 g/mol. The summed E-state index contributed by atoms with van der Waals surface area (Å²) in [7, 11) is -4.03. The van der Waals surface area contributed by atoms with E-state index in [2.05, 4.69) is 44.7 Å². The molecule has 2 aromatic heterocycles. The third kappa shape index (κ3) is 6.86. The second kappa shape index (κ2) is 13.3. The molecule has 0 spiro atoms. The van der Waals surface area contributed by atoms with Crippen molar-refractivity contribution in [2.45, 2.75) is 101 Å². The molecule has 12 nitrogen and oxygen atoms in total. The van der Waals surface area contributed by atoms with Crippen LogP contribution in [0.3, 0.4) is 0 Å². The minimum atomic E-state index is -4.30. The minimum Gasteiger partial charge on any atom is -0.366 e. The van der Waals surface area contributed by atoms with Crippen molar-refractivity contribution in [1.82, 2.24) is 29.2 Å². The molecule has 49 heavy (non-hydrogen) atoms. The Morgan fingerprint density at radius 1 is 1.18 bits per heavy atom. The largest absolute Gasteiger partial charge is 0.366 e. The fourth-order valence-corrected chi connectivity index (χ4v) is 10.0. The highest BCUT2D eigenvalue weighted by atomic mass is 32.2. The van der Waals surface area contributed by atoms with E-state index in [9.17, 15) is 22.0 Å². The smallest absolute Gasteiger partial charge is 0.303 e. The number of halogens is 2. The van der Waals surface area contributed by atoms with Crippen LogP contribution in [0.5, 0.6) is 0 Å². The number of alkyl halides is 2. The van der Waals surface area contributed by atoms with Crippen molar-refractivity contribution in [2.75, 3.05) is 31.3 Å². The predicted molar refractivity (Wildman–Crippen MR) is 186 cm³/mol. The highest BCUT2D eigenvalue weighted by Crippen LogP contribution is 2.47. The summed E-state index contributed by atoms with van der Waals surface area (Å²) in [5.41, 5.74) is 0.250. The van der Waals surface area contributed by atoms with E-state index in [0.717, 1.165) is 25.3 Å². The van der Waals surface area contributed by atoms with Gasteiger partial charge in [-0.25, -0.2) is 23.8 Å². The van der Waals surface area contributed by atoms with Crippen LogP contribution in [0.1, 0.15) is 57.4 Å². The number of amides is 1. The molecule has 2 unspecified atom stereocenters. The topological polar surface area (TPSA) is 118 Å². The Morgan fingerprint density at radius 3 is 2.41 bits per heavy atom. The van der Waals surface area contributed by atoms with E-state index in [1.54, 1.807) is 17.8 Å². The van der Waals surface area contributed by atoms with E-state index in [1.165, 1.54) is 10.4 Å². The molecule has 3 aliphatic rings. The molecule has 2 bridgehead atoms. The van der Waals surface area contributed by atoms with E-state index in [1.807, 2.05) is 18.7 Å². The lowest BCUT2D eigenvalue weighted by molar-refractivity contribution is -0.142. The van der Waals surface area contributed by atoms with Crippen molar-refractivity contribution in [2.24, 2.45) is 13.0 Å². The maximum atomic E-state index is 14.7. The van der Waals surface area contributed by atoms with E-state index in [-0.39, 0.29) is 46.2 Å². The standard InChI is InChI=1S/C32H44F2N8O4S2Si/c1-20(2)31(43)42-21-9-8-10-22(42)18-40(17-21)25-16-23(15-24-26(38-39(4)27(24)25)29-36-37-30(47-29)28(33)34)48(44,45)41(32(35-3)11-12-32)19-46-13-14-49(5,6)7/h15-16,20-22,28H,8-14,17-19H2,1-2,4-7H3. The van der Waals surface area contributed by atoms with Gasteiger partial charge in [-0.15, -0.1) is 10.2 Å². The summed E-state index contributed by atoms with van der Waals surface area (Å²) in [4.78, 5) is 21.2. The number of piperazine rings is 1. The Hall–Kier alpha value is -3.04. The Bertz CT molecular complexity index is 1870. The van der Waals surface area contributed by atoms with Gasteiger partial charge in [0.15, 0.2) is 10.0 Å². The number of benzene rings is 1. The summed E-state index contributed by atoms with van der Waals surface area (Å²) in [6.07, 6.45) is 0.656. The Labute approximate surface area is 291 Å². The van der Waals surface area contributed by atoms with Gasteiger partial charge in [0.05, 0.1) is 28.9 Å². The van der Waals surface area contributed by atoms with Gasteiger partial charge in [0.1, 0.15) is 12.4 Å². The van der Waals surface area contributed by atoms with Crippen LogP contribution >= 0.6 is 11.3 Å². The molecule has 3 fully saturated rings.